The molecular formula is C22H26FN5OS. The van der Waals surface area contributed by atoms with E-state index in [0.29, 0.717) is 17.5 Å². The number of hydrogen-bond donors (Lipinski definition) is 1. The number of nitrogens with two attached hydrogens (primary N) is 1. The van der Waals surface area contributed by atoms with E-state index in [2.05, 4.69) is 43.1 Å². The fraction of sp³-hybridized carbons (Fsp3) is 0.318. The molecule has 0 spiro atoms. The molecule has 2 N–H and O–H groups in total. The van der Waals surface area contributed by atoms with Gasteiger partial charge in [0.1, 0.15) is 5.82 Å². The van der Waals surface area contributed by atoms with Crippen LogP contribution in [-0.2, 0) is 16.8 Å². The summed E-state index contributed by atoms with van der Waals surface area (Å²) in [5, 5.41) is 8.78. The fourth-order valence-electron chi connectivity index (χ4n) is 2.88. The van der Waals surface area contributed by atoms with Crippen LogP contribution in [-0.4, -0.2) is 38.5 Å². The first kappa shape index (κ1) is 21.8. The van der Waals surface area contributed by atoms with E-state index in [4.69, 9.17) is 5.84 Å². The van der Waals surface area contributed by atoms with Crippen LogP contribution < -0.4 is 5.84 Å². The Kier molecular flexibility index (Phi) is 6.45. The maximum atomic E-state index is 13.0. The minimum absolute atomic E-state index is 0.0657. The molecule has 0 atom stereocenters. The molecule has 0 saturated carbocycles. The molecule has 1 aromatic heterocycles. The lowest BCUT2D eigenvalue weighted by Crippen LogP contribution is -2.28. The second-order valence-corrected chi connectivity index (χ2v) is 9.11. The molecule has 0 unspecified atom stereocenters. The number of aromatic nitrogens is 3. The highest BCUT2D eigenvalue weighted by atomic mass is 32.2. The Labute approximate surface area is 180 Å². The number of hydrogen-bond acceptors (Lipinski definition) is 5. The van der Waals surface area contributed by atoms with Gasteiger partial charge >= 0.3 is 0 Å². The molecule has 0 saturated heterocycles. The van der Waals surface area contributed by atoms with E-state index in [9.17, 15) is 9.18 Å². The molecule has 3 aromatic rings. The second-order valence-electron chi connectivity index (χ2n) is 8.17. The summed E-state index contributed by atoms with van der Waals surface area (Å²) in [6.45, 7) is 6.88. The van der Waals surface area contributed by atoms with Crippen molar-refractivity contribution in [1.29, 1.82) is 0 Å². The van der Waals surface area contributed by atoms with Crippen LogP contribution in [0.15, 0.2) is 53.7 Å². The second kappa shape index (κ2) is 8.87. The highest BCUT2D eigenvalue weighted by Crippen LogP contribution is 2.26. The summed E-state index contributed by atoms with van der Waals surface area (Å²) in [6, 6.07) is 14.2. The summed E-state index contributed by atoms with van der Waals surface area (Å²) in [5.74, 6) is 6.52. The van der Waals surface area contributed by atoms with Gasteiger partial charge in [0.15, 0.2) is 5.82 Å². The SMILES string of the molecule is CN(Cc1ccc(F)cc1)C(=O)CSc1nnc(-c2ccc(C(C)(C)C)cc2)n1N. The third-order valence-corrected chi connectivity index (χ3v) is 5.68. The van der Waals surface area contributed by atoms with Crippen molar-refractivity contribution in [1.82, 2.24) is 19.8 Å². The zero-order chi connectivity index (χ0) is 21.9. The number of rotatable bonds is 6. The Morgan fingerprint density at radius 3 is 2.33 bits per heavy atom. The highest BCUT2D eigenvalue weighted by molar-refractivity contribution is 7.99. The van der Waals surface area contributed by atoms with Crippen molar-refractivity contribution in [3.05, 3.63) is 65.5 Å². The minimum atomic E-state index is -0.297. The third kappa shape index (κ3) is 5.18. The number of carbonyl (C=O) groups excluding carboxylic acids is 1. The molecule has 0 bridgehead atoms. The van der Waals surface area contributed by atoms with Crippen molar-refractivity contribution in [2.24, 2.45) is 0 Å². The van der Waals surface area contributed by atoms with Gasteiger partial charge in [-0.2, -0.15) is 0 Å². The van der Waals surface area contributed by atoms with Gasteiger partial charge in [-0.05, 0) is 28.7 Å². The van der Waals surface area contributed by atoms with Gasteiger partial charge in [0.2, 0.25) is 11.1 Å². The van der Waals surface area contributed by atoms with Gasteiger partial charge in [0.25, 0.3) is 0 Å². The van der Waals surface area contributed by atoms with Gasteiger partial charge in [0.05, 0.1) is 5.75 Å². The molecule has 3 rings (SSSR count). The van der Waals surface area contributed by atoms with Crippen LogP contribution in [0, 0.1) is 5.82 Å². The standard InChI is InChI=1S/C22H26FN5OS/c1-22(2,3)17-9-7-16(8-10-17)20-25-26-21(28(20)24)30-14-19(29)27(4)13-15-5-11-18(23)12-6-15/h5-12H,13-14,24H2,1-4H3. The molecule has 0 aliphatic carbocycles. The van der Waals surface area contributed by atoms with Gasteiger partial charge in [-0.25, -0.2) is 9.07 Å². The Bertz CT molecular complexity index is 1010. The molecule has 1 heterocycles. The van der Waals surface area contributed by atoms with E-state index < -0.39 is 0 Å². The molecule has 0 fully saturated rings. The number of nitrogen functional groups attached to an aromatic ring is 1. The average Bonchev–Trinajstić information content (AvgIpc) is 3.07. The van der Waals surface area contributed by atoms with Crippen LogP contribution in [0.25, 0.3) is 11.4 Å². The number of carbonyl (C=O) groups is 1. The molecule has 6 nitrogen and oxygen atoms in total. The first-order valence-corrected chi connectivity index (χ1v) is 10.6. The predicted molar refractivity (Wildman–Crippen MR) is 118 cm³/mol. The van der Waals surface area contributed by atoms with E-state index >= 15 is 0 Å². The Balaban J connectivity index is 1.62. The zero-order valence-corrected chi connectivity index (χ0v) is 18.4. The van der Waals surface area contributed by atoms with Crippen molar-refractivity contribution < 1.29 is 9.18 Å². The highest BCUT2D eigenvalue weighted by Gasteiger charge is 2.17. The lowest BCUT2D eigenvalue weighted by molar-refractivity contribution is -0.127. The summed E-state index contributed by atoms with van der Waals surface area (Å²) in [6.07, 6.45) is 0. The third-order valence-electron chi connectivity index (χ3n) is 4.76. The topological polar surface area (TPSA) is 77.0 Å². The van der Waals surface area contributed by atoms with Crippen molar-refractivity contribution in [2.75, 3.05) is 18.6 Å². The number of nitrogens with zero attached hydrogens (tertiary/aromatic N) is 4. The van der Waals surface area contributed by atoms with Gasteiger partial charge in [-0.15, -0.1) is 10.2 Å². The van der Waals surface area contributed by atoms with Crippen LogP contribution in [0.3, 0.4) is 0 Å². The molecule has 8 heteroatoms. The first-order chi connectivity index (χ1) is 14.1. The van der Waals surface area contributed by atoms with Crippen LogP contribution >= 0.6 is 11.8 Å². The molecule has 30 heavy (non-hydrogen) atoms. The van der Waals surface area contributed by atoms with E-state index in [0.717, 1.165) is 11.1 Å². The van der Waals surface area contributed by atoms with Crippen LogP contribution in [0.2, 0.25) is 0 Å². The van der Waals surface area contributed by atoms with Gasteiger partial charge in [-0.3, -0.25) is 4.79 Å². The van der Waals surface area contributed by atoms with Gasteiger partial charge in [0, 0.05) is 19.2 Å². The maximum Gasteiger partial charge on any atom is 0.233 e. The minimum Gasteiger partial charge on any atom is -0.341 e. The molecule has 2 aromatic carbocycles. The Morgan fingerprint density at radius 1 is 1.10 bits per heavy atom. The van der Waals surface area contributed by atoms with E-state index in [-0.39, 0.29) is 22.9 Å². The van der Waals surface area contributed by atoms with Crippen molar-refractivity contribution >= 4 is 17.7 Å². The monoisotopic (exact) mass is 427 g/mol. The normalized spacial score (nSPS) is 11.5. The number of benzene rings is 2. The largest absolute Gasteiger partial charge is 0.341 e. The van der Waals surface area contributed by atoms with E-state index in [1.54, 1.807) is 24.1 Å². The maximum absolute atomic E-state index is 13.0. The molecule has 0 radical (unpaired) electrons. The first-order valence-electron chi connectivity index (χ1n) is 9.58. The van der Waals surface area contributed by atoms with Crippen LogP contribution in [0.5, 0.6) is 0 Å². The van der Waals surface area contributed by atoms with Gasteiger partial charge in [-0.1, -0.05) is 68.9 Å². The quantitative estimate of drug-likeness (QED) is 0.478. The molecule has 0 aliphatic heterocycles. The Morgan fingerprint density at radius 2 is 1.73 bits per heavy atom. The summed E-state index contributed by atoms with van der Waals surface area (Å²) >= 11 is 1.23. The number of halogens is 1. The smallest absolute Gasteiger partial charge is 0.233 e. The summed E-state index contributed by atoms with van der Waals surface area (Å²) in [7, 11) is 1.71. The summed E-state index contributed by atoms with van der Waals surface area (Å²) in [5.41, 5.74) is 3.01. The fourth-order valence-corrected chi connectivity index (χ4v) is 3.68. The lowest BCUT2D eigenvalue weighted by atomic mass is 9.87. The van der Waals surface area contributed by atoms with E-state index in [1.807, 2.05) is 12.1 Å². The predicted octanol–water partition coefficient (Wildman–Crippen LogP) is 3.85. The van der Waals surface area contributed by atoms with Crippen molar-refractivity contribution in [3.63, 3.8) is 0 Å². The van der Waals surface area contributed by atoms with Crippen molar-refractivity contribution in [2.45, 2.75) is 37.9 Å². The average molecular weight is 428 g/mol. The zero-order valence-electron chi connectivity index (χ0n) is 17.6. The summed E-state index contributed by atoms with van der Waals surface area (Å²) < 4.78 is 14.4. The summed E-state index contributed by atoms with van der Waals surface area (Å²) in [4.78, 5) is 14.0. The van der Waals surface area contributed by atoms with Gasteiger partial charge < -0.3 is 10.7 Å². The number of thioether (sulfide) groups is 1. The number of amides is 1. The molecular weight excluding hydrogens is 401 g/mol. The molecule has 1 amide bonds. The Hall–Kier alpha value is -2.87. The molecule has 0 aliphatic rings. The molecule has 158 valence electrons. The lowest BCUT2D eigenvalue weighted by Gasteiger charge is -2.19. The van der Waals surface area contributed by atoms with Crippen LogP contribution in [0.4, 0.5) is 4.39 Å². The van der Waals surface area contributed by atoms with Crippen molar-refractivity contribution in [3.8, 4) is 11.4 Å². The van der Waals surface area contributed by atoms with Crippen LogP contribution in [0.1, 0.15) is 31.9 Å². The van der Waals surface area contributed by atoms with E-state index in [1.165, 1.54) is 34.1 Å².